The predicted octanol–water partition coefficient (Wildman–Crippen LogP) is 4.06. The molecule has 1 aromatic heterocycles. The third kappa shape index (κ3) is 3.04. The second-order valence-electron chi connectivity index (χ2n) is 7.33. The number of likely N-dealkylation sites (tertiary alicyclic amines) is 1. The molecule has 0 unspecified atom stereocenters. The standard InChI is InChI=1S/C21H21N3OS.ClH/c1-13-6-2-3-7-15(13)19-16-11-22-10-14(16)12-24(19)21(25)20-23-17-8-4-5-9-18(17)26-20;/h2-9,14,16,19,22H,10-12H2,1H3;1H/t14-,16-,19-;/m0./s1. The van der Waals surface area contributed by atoms with Crippen LogP contribution in [0.25, 0.3) is 10.2 Å². The van der Waals surface area contributed by atoms with Gasteiger partial charge in [-0.05, 0) is 36.1 Å². The summed E-state index contributed by atoms with van der Waals surface area (Å²) in [5, 5.41) is 4.12. The van der Waals surface area contributed by atoms with Crippen molar-refractivity contribution in [3.63, 3.8) is 0 Å². The van der Waals surface area contributed by atoms with Crippen LogP contribution in [0.15, 0.2) is 48.5 Å². The molecule has 6 heteroatoms. The summed E-state index contributed by atoms with van der Waals surface area (Å²) in [7, 11) is 0. The molecule has 3 atom stereocenters. The van der Waals surface area contributed by atoms with E-state index < -0.39 is 0 Å². The molecule has 0 spiro atoms. The number of carbonyl (C=O) groups is 1. The van der Waals surface area contributed by atoms with Gasteiger partial charge in [0.05, 0.1) is 16.3 Å². The van der Waals surface area contributed by atoms with Gasteiger partial charge >= 0.3 is 0 Å². The van der Waals surface area contributed by atoms with E-state index in [1.54, 1.807) is 0 Å². The number of nitrogens with zero attached hydrogens (tertiary/aromatic N) is 2. The van der Waals surface area contributed by atoms with Crippen LogP contribution in [0.3, 0.4) is 0 Å². The highest BCUT2D eigenvalue weighted by Gasteiger charge is 2.47. The second-order valence-corrected chi connectivity index (χ2v) is 8.36. The third-order valence-electron chi connectivity index (χ3n) is 5.81. The molecular formula is C21H22ClN3OS. The molecule has 0 radical (unpaired) electrons. The van der Waals surface area contributed by atoms with Crippen LogP contribution in [0, 0.1) is 18.8 Å². The van der Waals surface area contributed by atoms with Gasteiger partial charge in [-0.1, -0.05) is 36.4 Å². The van der Waals surface area contributed by atoms with Crippen LogP contribution >= 0.6 is 23.7 Å². The summed E-state index contributed by atoms with van der Waals surface area (Å²) < 4.78 is 1.07. The zero-order valence-corrected chi connectivity index (χ0v) is 16.7. The Balaban J connectivity index is 0.00000180. The average molecular weight is 400 g/mol. The number of nitrogens with one attached hydrogen (secondary N) is 1. The van der Waals surface area contributed by atoms with Gasteiger partial charge in [-0.15, -0.1) is 23.7 Å². The third-order valence-corrected chi connectivity index (χ3v) is 6.83. The lowest BCUT2D eigenvalue weighted by Gasteiger charge is -2.29. The van der Waals surface area contributed by atoms with E-state index >= 15 is 0 Å². The van der Waals surface area contributed by atoms with Crippen molar-refractivity contribution in [1.29, 1.82) is 0 Å². The first-order valence-corrected chi connectivity index (χ1v) is 9.97. The number of fused-ring (bicyclic) bond motifs is 2. The van der Waals surface area contributed by atoms with Gasteiger partial charge in [0.25, 0.3) is 5.91 Å². The Kier molecular flexibility index (Phi) is 4.93. The van der Waals surface area contributed by atoms with Crippen LogP contribution in [-0.4, -0.2) is 35.4 Å². The highest BCUT2D eigenvalue weighted by Crippen LogP contribution is 2.44. The second kappa shape index (κ2) is 7.23. The lowest BCUT2D eigenvalue weighted by Crippen LogP contribution is -2.35. The molecule has 2 aliphatic heterocycles. The molecule has 4 nitrogen and oxygen atoms in total. The Hall–Kier alpha value is -1.95. The lowest BCUT2D eigenvalue weighted by atomic mass is 9.87. The van der Waals surface area contributed by atoms with Gasteiger partial charge in [-0.3, -0.25) is 4.79 Å². The molecule has 1 N–H and O–H groups in total. The summed E-state index contributed by atoms with van der Waals surface area (Å²) in [5.41, 5.74) is 3.44. The number of aromatic nitrogens is 1. The van der Waals surface area contributed by atoms with E-state index in [4.69, 9.17) is 0 Å². The Bertz CT molecular complexity index is 955. The number of thiazole rings is 1. The van der Waals surface area contributed by atoms with Gasteiger partial charge in [0, 0.05) is 25.6 Å². The molecule has 27 heavy (non-hydrogen) atoms. The van der Waals surface area contributed by atoms with Gasteiger partial charge in [-0.25, -0.2) is 4.98 Å². The molecule has 140 valence electrons. The van der Waals surface area contributed by atoms with E-state index in [2.05, 4.69) is 46.4 Å². The number of halogens is 1. The first-order valence-electron chi connectivity index (χ1n) is 9.15. The van der Waals surface area contributed by atoms with Crippen LogP contribution in [0.1, 0.15) is 27.0 Å². The van der Waals surface area contributed by atoms with Crippen molar-refractivity contribution in [1.82, 2.24) is 15.2 Å². The molecule has 3 aromatic rings. The van der Waals surface area contributed by atoms with Crippen molar-refractivity contribution in [3.8, 4) is 0 Å². The molecule has 0 bridgehead atoms. The molecule has 2 fully saturated rings. The number of hydrogen-bond acceptors (Lipinski definition) is 4. The summed E-state index contributed by atoms with van der Waals surface area (Å²) in [6.45, 7) is 4.93. The molecule has 2 saturated heterocycles. The van der Waals surface area contributed by atoms with Gasteiger partial charge in [0.2, 0.25) is 0 Å². The van der Waals surface area contributed by atoms with Crippen molar-refractivity contribution in [2.24, 2.45) is 11.8 Å². The largest absolute Gasteiger partial charge is 0.329 e. The van der Waals surface area contributed by atoms with Crippen LogP contribution < -0.4 is 5.32 Å². The maximum absolute atomic E-state index is 13.4. The summed E-state index contributed by atoms with van der Waals surface area (Å²) in [5.74, 6) is 1.08. The molecular weight excluding hydrogens is 378 g/mol. The van der Waals surface area contributed by atoms with Crippen molar-refractivity contribution in [2.75, 3.05) is 19.6 Å². The first kappa shape index (κ1) is 18.4. The van der Waals surface area contributed by atoms with Crippen molar-refractivity contribution < 1.29 is 4.79 Å². The van der Waals surface area contributed by atoms with Gasteiger partial charge in [0.15, 0.2) is 5.01 Å². The average Bonchev–Trinajstić information content (AvgIpc) is 3.35. The fourth-order valence-electron chi connectivity index (χ4n) is 4.53. The molecule has 2 aromatic carbocycles. The molecule has 5 rings (SSSR count). The van der Waals surface area contributed by atoms with E-state index in [0.29, 0.717) is 16.8 Å². The van der Waals surface area contributed by atoms with E-state index in [1.807, 2.05) is 24.3 Å². The van der Waals surface area contributed by atoms with Crippen molar-refractivity contribution in [3.05, 3.63) is 64.7 Å². The van der Waals surface area contributed by atoms with Crippen molar-refractivity contribution >= 4 is 39.9 Å². The summed E-state index contributed by atoms with van der Waals surface area (Å²) in [6, 6.07) is 16.6. The van der Waals surface area contributed by atoms with E-state index in [0.717, 1.165) is 29.9 Å². The summed E-state index contributed by atoms with van der Waals surface area (Å²) in [4.78, 5) is 20.1. The van der Waals surface area contributed by atoms with Gasteiger partial charge < -0.3 is 10.2 Å². The zero-order valence-electron chi connectivity index (χ0n) is 15.1. The summed E-state index contributed by atoms with van der Waals surface area (Å²) in [6.07, 6.45) is 0. The maximum atomic E-state index is 13.4. The van der Waals surface area contributed by atoms with Crippen LogP contribution in [0.5, 0.6) is 0 Å². The number of amides is 1. The SMILES string of the molecule is Cc1ccccc1[C@H]1[C@H]2CNC[C@H]2CN1C(=O)c1nc2ccccc2s1.Cl. The molecule has 0 saturated carbocycles. The Labute approximate surface area is 169 Å². The molecule has 0 aliphatic carbocycles. The van der Waals surface area contributed by atoms with E-state index in [-0.39, 0.29) is 24.4 Å². The highest BCUT2D eigenvalue weighted by molar-refractivity contribution is 7.20. The zero-order chi connectivity index (χ0) is 17.7. The smallest absolute Gasteiger partial charge is 0.283 e. The number of hydrogen-bond donors (Lipinski definition) is 1. The number of benzene rings is 2. The van der Waals surface area contributed by atoms with Gasteiger partial charge in [-0.2, -0.15) is 0 Å². The molecule has 2 aliphatic rings. The summed E-state index contributed by atoms with van der Waals surface area (Å²) >= 11 is 1.50. The maximum Gasteiger partial charge on any atom is 0.283 e. The van der Waals surface area contributed by atoms with E-state index in [1.165, 1.54) is 22.5 Å². The number of aryl methyl sites for hydroxylation is 1. The van der Waals surface area contributed by atoms with Crippen LogP contribution in [0.2, 0.25) is 0 Å². The van der Waals surface area contributed by atoms with Crippen LogP contribution in [0.4, 0.5) is 0 Å². The fourth-order valence-corrected chi connectivity index (χ4v) is 5.45. The number of carbonyl (C=O) groups excluding carboxylic acids is 1. The van der Waals surface area contributed by atoms with E-state index in [9.17, 15) is 4.79 Å². The Morgan fingerprint density at radius 2 is 1.93 bits per heavy atom. The monoisotopic (exact) mass is 399 g/mol. The first-order chi connectivity index (χ1) is 12.7. The Morgan fingerprint density at radius 3 is 2.74 bits per heavy atom. The topological polar surface area (TPSA) is 45.2 Å². The number of para-hydroxylation sites is 1. The van der Waals surface area contributed by atoms with Crippen LogP contribution in [-0.2, 0) is 0 Å². The number of rotatable bonds is 2. The Morgan fingerprint density at radius 1 is 1.15 bits per heavy atom. The minimum Gasteiger partial charge on any atom is -0.329 e. The molecule has 1 amide bonds. The minimum absolute atomic E-state index is 0. The molecule has 3 heterocycles. The van der Waals surface area contributed by atoms with Gasteiger partial charge in [0.1, 0.15) is 0 Å². The predicted molar refractivity (Wildman–Crippen MR) is 112 cm³/mol. The normalized spacial score (nSPS) is 24.0. The quantitative estimate of drug-likeness (QED) is 0.706. The highest BCUT2D eigenvalue weighted by atomic mass is 35.5. The minimum atomic E-state index is 0. The van der Waals surface area contributed by atoms with Crippen molar-refractivity contribution in [2.45, 2.75) is 13.0 Å². The fraction of sp³-hybridized carbons (Fsp3) is 0.333. The lowest BCUT2D eigenvalue weighted by molar-refractivity contribution is 0.0713.